The Morgan fingerprint density at radius 1 is 1.07 bits per heavy atom. The highest BCUT2D eigenvalue weighted by molar-refractivity contribution is 5.55. The molecule has 0 atom stereocenters. The van der Waals surface area contributed by atoms with Crippen LogP contribution in [0.2, 0.25) is 0 Å². The lowest BCUT2D eigenvalue weighted by Gasteiger charge is -2.05. The van der Waals surface area contributed by atoms with E-state index in [0.29, 0.717) is 0 Å². The number of unbranched alkanes of at least 4 members (excludes halogenated alkanes) is 1. The van der Waals surface area contributed by atoms with Crippen LogP contribution in [0.15, 0.2) is 18.2 Å². The molecule has 15 heavy (non-hydrogen) atoms. The summed E-state index contributed by atoms with van der Waals surface area (Å²) in [5.41, 5.74) is 10.9. The molecule has 0 aliphatic rings. The first-order valence-corrected chi connectivity index (χ1v) is 5.59. The molecule has 0 heterocycles. The standard InChI is InChI=1S/C14H21N/c1-11-9-13(3)14(10-12(11)2)7-5-4-6-8-15/h5,7,9-10H,4,6,8,15H2,1-3H3/b7-5+. The molecule has 2 N–H and O–H groups in total. The molecular weight excluding hydrogens is 182 g/mol. The third kappa shape index (κ3) is 3.52. The Bertz CT molecular complexity index is 351. The summed E-state index contributed by atoms with van der Waals surface area (Å²) >= 11 is 0. The molecule has 0 unspecified atom stereocenters. The van der Waals surface area contributed by atoms with Crippen LogP contribution in [0.3, 0.4) is 0 Å². The minimum atomic E-state index is 0.774. The summed E-state index contributed by atoms with van der Waals surface area (Å²) in [7, 11) is 0. The van der Waals surface area contributed by atoms with E-state index in [1.807, 2.05) is 0 Å². The predicted molar refractivity (Wildman–Crippen MR) is 68.0 cm³/mol. The van der Waals surface area contributed by atoms with Crippen LogP contribution in [0.5, 0.6) is 0 Å². The molecule has 0 saturated carbocycles. The topological polar surface area (TPSA) is 26.0 Å². The lowest BCUT2D eigenvalue weighted by molar-refractivity contribution is 0.857. The van der Waals surface area contributed by atoms with Crippen LogP contribution >= 0.6 is 0 Å². The monoisotopic (exact) mass is 203 g/mol. The van der Waals surface area contributed by atoms with E-state index in [0.717, 1.165) is 19.4 Å². The molecule has 0 saturated heterocycles. The van der Waals surface area contributed by atoms with Gasteiger partial charge in [-0.3, -0.25) is 0 Å². The van der Waals surface area contributed by atoms with E-state index in [9.17, 15) is 0 Å². The van der Waals surface area contributed by atoms with Gasteiger partial charge in [0.25, 0.3) is 0 Å². The third-order valence-electron chi connectivity index (χ3n) is 2.75. The molecular formula is C14H21N. The van der Waals surface area contributed by atoms with Gasteiger partial charge in [0.05, 0.1) is 0 Å². The summed E-state index contributed by atoms with van der Waals surface area (Å²) in [5.74, 6) is 0. The first kappa shape index (κ1) is 12.0. The number of allylic oxidation sites excluding steroid dienone is 1. The van der Waals surface area contributed by atoms with E-state index in [4.69, 9.17) is 5.73 Å². The van der Waals surface area contributed by atoms with Crippen molar-refractivity contribution in [2.75, 3.05) is 6.54 Å². The lowest BCUT2D eigenvalue weighted by atomic mass is 10.0. The maximum absolute atomic E-state index is 5.45. The van der Waals surface area contributed by atoms with Crippen LogP contribution < -0.4 is 5.73 Å². The number of benzene rings is 1. The smallest absolute Gasteiger partial charge is 0.00743 e. The van der Waals surface area contributed by atoms with Crippen LogP contribution in [-0.2, 0) is 0 Å². The fourth-order valence-corrected chi connectivity index (χ4v) is 1.61. The Labute approximate surface area is 93.0 Å². The quantitative estimate of drug-likeness (QED) is 0.746. The van der Waals surface area contributed by atoms with Crippen molar-refractivity contribution in [3.63, 3.8) is 0 Å². The average Bonchev–Trinajstić information content (AvgIpc) is 2.20. The zero-order valence-electron chi connectivity index (χ0n) is 10.0. The number of aryl methyl sites for hydroxylation is 3. The number of rotatable bonds is 4. The van der Waals surface area contributed by atoms with Gasteiger partial charge in [0.15, 0.2) is 0 Å². The van der Waals surface area contributed by atoms with Gasteiger partial charge in [0.1, 0.15) is 0 Å². The molecule has 1 nitrogen and oxygen atoms in total. The molecule has 0 aliphatic carbocycles. The normalized spacial score (nSPS) is 11.2. The second-order valence-corrected chi connectivity index (χ2v) is 4.13. The van der Waals surface area contributed by atoms with E-state index >= 15 is 0 Å². The molecule has 82 valence electrons. The molecule has 0 aliphatic heterocycles. The molecule has 1 aromatic rings. The highest BCUT2D eigenvalue weighted by Crippen LogP contribution is 2.16. The fraction of sp³-hybridized carbons (Fsp3) is 0.429. The van der Waals surface area contributed by atoms with Crippen molar-refractivity contribution in [3.8, 4) is 0 Å². The van der Waals surface area contributed by atoms with Crippen LogP contribution in [-0.4, -0.2) is 6.54 Å². The van der Waals surface area contributed by atoms with Gasteiger partial charge in [-0.05, 0) is 62.4 Å². The largest absolute Gasteiger partial charge is 0.330 e. The van der Waals surface area contributed by atoms with E-state index in [1.165, 1.54) is 22.3 Å². The Morgan fingerprint density at radius 2 is 1.73 bits per heavy atom. The molecule has 0 radical (unpaired) electrons. The summed E-state index contributed by atoms with van der Waals surface area (Å²) in [4.78, 5) is 0. The second kappa shape index (κ2) is 5.72. The van der Waals surface area contributed by atoms with E-state index < -0.39 is 0 Å². The summed E-state index contributed by atoms with van der Waals surface area (Å²) in [5, 5.41) is 0. The van der Waals surface area contributed by atoms with Gasteiger partial charge in [-0.2, -0.15) is 0 Å². The van der Waals surface area contributed by atoms with Crippen molar-refractivity contribution >= 4 is 6.08 Å². The first-order chi connectivity index (χ1) is 7.15. The van der Waals surface area contributed by atoms with Gasteiger partial charge < -0.3 is 5.73 Å². The molecule has 0 fully saturated rings. The van der Waals surface area contributed by atoms with Crippen molar-refractivity contribution in [2.45, 2.75) is 33.6 Å². The summed E-state index contributed by atoms with van der Waals surface area (Å²) in [6.07, 6.45) is 6.56. The average molecular weight is 203 g/mol. The maximum atomic E-state index is 5.45. The number of hydrogen-bond acceptors (Lipinski definition) is 1. The lowest BCUT2D eigenvalue weighted by Crippen LogP contribution is -1.96. The van der Waals surface area contributed by atoms with Crippen molar-refractivity contribution in [3.05, 3.63) is 40.5 Å². The number of hydrogen-bond donors (Lipinski definition) is 1. The van der Waals surface area contributed by atoms with Gasteiger partial charge in [0.2, 0.25) is 0 Å². The van der Waals surface area contributed by atoms with Gasteiger partial charge in [0, 0.05) is 0 Å². The summed E-state index contributed by atoms with van der Waals surface area (Å²) < 4.78 is 0. The van der Waals surface area contributed by atoms with Gasteiger partial charge in [-0.15, -0.1) is 0 Å². The summed E-state index contributed by atoms with van der Waals surface area (Å²) in [6.45, 7) is 7.25. The molecule has 0 aromatic heterocycles. The SMILES string of the molecule is Cc1cc(C)c(/C=C/CCCN)cc1C. The minimum absolute atomic E-state index is 0.774. The first-order valence-electron chi connectivity index (χ1n) is 5.59. The van der Waals surface area contributed by atoms with Crippen molar-refractivity contribution in [2.24, 2.45) is 5.73 Å². The Hall–Kier alpha value is -1.08. The van der Waals surface area contributed by atoms with Crippen LogP contribution in [0.4, 0.5) is 0 Å². The van der Waals surface area contributed by atoms with Crippen molar-refractivity contribution in [1.82, 2.24) is 0 Å². The molecule has 1 heteroatoms. The highest BCUT2D eigenvalue weighted by Gasteiger charge is 1.98. The van der Waals surface area contributed by atoms with E-state index in [1.54, 1.807) is 0 Å². The minimum Gasteiger partial charge on any atom is -0.330 e. The maximum Gasteiger partial charge on any atom is -0.00743 e. The van der Waals surface area contributed by atoms with Gasteiger partial charge >= 0.3 is 0 Å². The molecule has 0 spiro atoms. The predicted octanol–water partition coefficient (Wildman–Crippen LogP) is 3.36. The zero-order valence-corrected chi connectivity index (χ0v) is 10.0. The summed E-state index contributed by atoms with van der Waals surface area (Å²) in [6, 6.07) is 4.50. The molecule has 0 bridgehead atoms. The molecule has 1 rings (SSSR count). The van der Waals surface area contributed by atoms with E-state index in [-0.39, 0.29) is 0 Å². The van der Waals surface area contributed by atoms with Gasteiger partial charge in [-0.1, -0.05) is 24.3 Å². The second-order valence-electron chi connectivity index (χ2n) is 4.13. The molecule has 1 aromatic carbocycles. The van der Waals surface area contributed by atoms with Crippen LogP contribution in [0.1, 0.15) is 35.1 Å². The highest BCUT2D eigenvalue weighted by atomic mass is 14.5. The third-order valence-corrected chi connectivity index (χ3v) is 2.75. The van der Waals surface area contributed by atoms with Crippen molar-refractivity contribution in [1.29, 1.82) is 0 Å². The Kier molecular flexibility index (Phi) is 4.57. The van der Waals surface area contributed by atoms with Gasteiger partial charge in [-0.25, -0.2) is 0 Å². The van der Waals surface area contributed by atoms with Crippen LogP contribution in [0.25, 0.3) is 6.08 Å². The fourth-order valence-electron chi connectivity index (χ4n) is 1.61. The zero-order chi connectivity index (χ0) is 11.3. The van der Waals surface area contributed by atoms with E-state index in [2.05, 4.69) is 45.1 Å². The molecule has 0 amide bonds. The Morgan fingerprint density at radius 3 is 2.40 bits per heavy atom. The number of nitrogens with two attached hydrogens (primary N) is 1. The Balaban J connectivity index is 2.77. The van der Waals surface area contributed by atoms with Crippen LogP contribution in [0, 0.1) is 20.8 Å². The van der Waals surface area contributed by atoms with Crippen molar-refractivity contribution < 1.29 is 0 Å².